The molecule has 2 heterocycles. The van der Waals surface area contributed by atoms with Gasteiger partial charge in [0.25, 0.3) is 0 Å². The lowest BCUT2D eigenvalue weighted by molar-refractivity contribution is 0.576. The standard InChI is InChI=1S/C13H22N4/c1-16-13(11-4-2-3-5-11)12(10-15-16)17-8-6-14-7-9-17/h10-11,14H,2-9H2,1H3. The lowest BCUT2D eigenvalue weighted by Gasteiger charge is -2.30. The fourth-order valence-corrected chi connectivity index (χ4v) is 3.26. The highest BCUT2D eigenvalue weighted by Crippen LogP contribution is 2.38. The minimum absolute atomic E-state index is 0.743. The number of anilines is 1. The molecule has 0 unspecified atom stereocenters. The summed E-state index contributed by atoms with van der Waals surface area (Å²) in [6.45, 7) is 4.43. The molecule has 2 fully saturated rings. The van der Waals surface area contributed by atoms with Gasteiger partial charge in [0, 0.05) is 39.1 Å². The van der Waals surface area contributed by atoms with Crippen LogP contribution < -0.4 is 10.2 Å². The van der Waals surface area contributed by atoms with Crippen LogP contribution in [0.15, 0.2) is 6.20 Å². The molecule has 0 spiro atoms. The summed E-state index contributed by atoms with van der Waals surface area (Å²) in [5.41, 5.74) is 2.87. The van der Waals surface area contributed by atoms with E-state index >= 15 is 0 Å². The Morgan fingerprint density at radius 1 is 1.24 bits per heavy atom. The van der Waals surface area contributed by atoms with Crippen molar-refractivity contribution in [1.82, 2.24) is 15.1 Å². The van der Waals surface area contributed by atoms with Gasteiger partial charge >= 0.3 is 0 Å². The monoisotopic (exact) mass is 234 g/mol. The van der Waals surface area contributed by atoms with Gasteiger partial charge in [-0.1, -0.05) is 12.8 Å². The van der Waals surface area contributed by atoms with E-state index in [-0.39, 0.29) is 0 Å². The Kier molecular flexibility index (Phi) is 3.05. The Labute approximate surface area is 103 Å². The molecular formula is C13H22N4. The van der Waals surface area contributed by atoms with Crippen molar-refractivity contribution in [1.29, 1.82) is 0 Å². The molecule has 1 aromatic rings. The van der Waals surface area contributed by atoms with Gasteiger partial charge in [-0.15, -0.1) is 0 Å². The van der Waals surface area contributed by atoms with Crippen molar-refractivity contribution in [2.24, 2.45) is 7.05 Å². The van der Waals surface area contributed by atoms with Gasteiger partial charge in [0.15, 0.2) is 0 Å². The van der Waals surface area contributed by atoms with E-state index in [1.165, 1.54) is 37.1 Å². The maximum Gasteiger partial charge on any atom is 0.0788 e. The van der Waals surface area contributed by atoms with E-state index in [0.717, 1.165) is 32.1 Å². The van der Waals surface area contributed by atoms with E-state index in [4.69, 9.17) is 0 Å². The van der Waals surface area contributed by atoms with E-state index < -0.39 is 0 Å². The first-order valence-electron chi connectivity index (χ1n) is 6.84. The van der Waals surface area contributed by atoms with Crippen LogP contribution in [0, 0.1) is 0 Å². The number of aromatic nitrogens is 2. The summed E-state index contributed by atoms with van der Waals surface area (Å²) in [5, 5.41) is 7.90. The molecule has 1 N–H and O–H groups in total. The SMILES string of the molecule is Cn1ncc(N2CCNCC2)c1C1CCCC1. The molecule has 2 aliphatic rings. The summed E-state index contributed by atoms with van der Waals surface area (Å²) in [6, 6.07) is 0. The predicted octanol–water partition coefficient (Wildman–Crippen LogP) is 1.49. The molecule has 1 saturated carbocycles. The maximum atomic E-state index is 4.49. The van der Waals surface area contributed by atoms with Crippen molar-refractivity contribution < 1.29 is 0 Å². The highest BCUT2D eigenvalue weighted by molar-refractivity contribution is 5.52. The fraction of sp³-hybridized carbons (Fsp3) is 0.769. The Hall–Kier alpha value is -1.03. The number of piperazine rings is 1. The third kappa shape index (κ3) is 2.06. The molecule has 4 nitrogen and oxygen atoms in total. The number of nitrogens with one attached hydrogen (secondary N) is 1. The Balaban J connectivity index is 1.87. The van der Waals surface area contributed by atoms with Crippen LogP contribution in [0.25, 0.3) is 0 Å². The summed E-state index contributed by atoms with van der Waals surface area (Å²) in [6.07, 6.45) is 7.53. The van der Waals surface area contributed by atoms with Crippen LogP contribution in [0.3, 0.4) is 0 Å². The second-order valence-corrected chi connectivity index (χ2v) is 5.26. The van der Waals surface area contributed by atoms with Crippen LogP contribution in [-0.2, 0) is 7.05 Å². The topological polar surface area (TPSA) is 33.1 Å². The number of rotatable bonds is 2. The molecular weight excluding hydrogens is 212 g/mol. The molecule has 3 rings (SSSR count). The van der Waals surface area contributed by atoms with Crippen LogP contribution in [0.2, 0.25) is 0 Å². The predicted molar refractivity (Wildman–Crippen MR) is 69.5 cm³/mol. The zero-order valence-electron chi connectivity index (χ0n) is 10.7. The van der Waals surface area contributed by atoms with Gasteiger partial charge in [0.1, 0.15) is 0 Å². The summed E-state index contributed by atoms with van der Waals surface area (Å²) < 4.78 is 2.10. The van der Waals surface area contributed by atoms with Crippen molar-refractivity contribution in [3.05, 3.63) is 11.9 Å². The zero-order chi connectivity index (χ0) is 11.7. The second kappa shape index (κ2) is 4.69. The average Bonchev–Trinajstić information content (AvgIpc) is 2.99. The van der Waals surface area contributed by atoms with Crippen molar-refractivity contribution in [3.8, 4) is 0 Å². The first-order valence-corrected chi connectivity index (χ1v) is 6.84. The molecule has 17 heavy (non-hydrogen) atoms. The first-order chi connectivity index (χ1) is 8.36. The first kappa shape index (κ1) is 11.1. The zero-order valence-corrected chi connectivity index (χ0v) is 10.7. The number of aryl methyl sites for hydroxylation is 1. The van der Waals surface area contributed by atoms with Crippen LogP contribution >= 0.6 is 0 Å². The summed E-state index contributed by atoms with van der Waals surface area (Å²) in [7, 11) is 2.10. The van der Waals surface area contributed by atoms with Gasteiger partial charge in [-0.25, -0.2) is 0 Å². The van der Waals surface area contributed by atoms with Crippen LogP contribution in [0.1, 0.15) is 37.3 Å². The molecule has 1 aliphatic heterocycles. The molecule has 1 saturated heterocycles. The number of hydrogen-bond donors (Lipinski definition) is 1. The third-order valence-electron chi connectivity index (χ3n) is 4.16. The fourth-order valence-electron chi connectivity index (χ4n) is 3.26. The van der Waals surface area contributed by atoms with Crippen molar-refractivity contribution >= 4 is 5.69 Å². The highest BCUT2D eigenvalue weighted by Gasteiger charge is 2.26. The van der Waals surface area contributed by atoms with Gasteiger partial charge in [0.05, 0.1) is 17.6 Å². The van der Waals surface area contributed by atoms with Crippen molar-refractivity contribution in [2.45, 2.75) is 31.6 Å². The lowest BCUT2D eigenvalue weighted by atomic mass is 10.0. The van der Waals surface area contributed by atoms with Crippen molar-refractivity contribution in [2.75, 3.05) is 31.1 Å². The van der Waals surface area contributed by atoms with Gasteiger partial charge in [0.2, 0.25) is 0 Å². The van der Waals surface area contributed by atoms with Crippen LogP contribution in [0.5, 0.6) is 0 Å². The van der Waals surface area contributed by atoms with Crippen LogP contribution in [0.4, 0.5) is 5.69 Å². The van der Waals surface area contributed by atoms with E-state index in [2.05, 4.69) is 33.2 Å². The average molecular weight is 234 g/mol. The largest absolute Gasteiger partial charge is 0.366 e. The van der Waals surface area contributed by atoms with Gasteiger partial charge in [-0.05, 0) is 12.8 Å². The molecule has 0 aromatic carbocycles. The summed E-state index contributed by atoms with van der Waals surface area (Å²) in [4.78, 5) is 2.50. The molecule has 1 aliphatic carbocycles. The molecule has 0 radical (unpaired) electrons. The van der Waals surface area contributed by atoms with Crippen LogP contribution in [-0.4, -0.2) is 36.0 Å². The van der Waals surface area contributed by atoms with E-state index in [0.29, 0.717) is 0 Å². The molecule has 0 bridgehead atoms. The minimum atomic E-state index is 0.743. The lowest BCUT2D eigenvalue weighted by Crippen LogP contribution is -2.43. The number of nitrogens with zero attached hydrogens (tertiary/aromatic N) is 3. The van der Waals surface area contributed by atoms with Gasteiger partial charge < -0.3 is 10.2 Å². The Morgan fingerprint density at radius 2 is 1.94 bits per heavy atom. The van der Waals surface area contributed by atoms with Gasteiger partial charge in [-0.2, -0.15) is 5.10 Å². The second-order valence-electron chi connectivity index (χ2n) is 5.26. The minimum Gasteiger partial charge on any atom is -0.366 e. The molecule has 94 valence electrons. The molecule has 4 heteroatoms. The van der Waals surface area contributed by atoms with E-state index in [1.54, 1.807) is 0 Å². The Morgan fingerprint density at radius 3 is 2.65 bits per heavy atom. The normalized spacial score (nSPS) is 22.3. The molecule has 1 aromatic heterocycles. The van der Waals surface area contributed by atoms with Gasteiger partial charge in [-0.3, -0.25) is 4.68 Å². The van der Waals surface area contributed by atoms with Crippen molar-refractivity contribution in [3.63, 3.8) is 0 Å². The van der Waals surface area contributed by atoms with E-state index in [9.17, 15) is 0 Å². The third-order valence-corrected chi connectivity index (χ3v) is 4.16. The smallest absolute Gasteiger partial charge is 0.0788 e. The quantitative estimate of drug-likeness (QED) is 0.841. The van der Waals surface area contributed by atoms with E-state index in [1.807, 2.05) is 0 Å². The highest BCUT2D eigenvalue weighted by atomic mass is 15.3. The summed E-state index contributed by atoms with van der Waals surface area (Å²) in [5.74, 6) is 0.743. The molecule has 0 atom stereocenters. The maximum absolute atomic E-state index is 4.49. The number of hydrogen-bond acceptors (Lipinski definition) is 3. The summed E-state index contributed by atoms with van der Waals surface area (Å²) >= 11 is 0. The molecule has 0 amide bonds. The Bertz CT molecular complexity index is 373.